The fraction of sp³-hybridized carbons (Fsp3) is 1.00. The average Bonchev–Trinajstić information content (AvgIpc) is 2.75. The number of nitrogens with two attached hydrogens (primary N) is 1. The normalized spacial score (nSPS) is 25.6. The second-order valence-corrected chi connectivity index (χ2v) is 6.30. The quantitative estimate of drug-likeness (QED) is 0.709. The van der Waals surface area contributed by atoms with Gasteiger partial charge in [0.05, 0.1) is 0 Å². The van der Waals surface area contributed by atoms with Crippen LogP contribution in [0.4, 0.5) is 0 Å². The second kappa shape index (κ2) is 6.68. The molecule has 3 N–H and O–H groups in total. The fourth-order valence-corrected chi connectivity index (χ4v) is 4.17. The Hall–Kier alpha value is -0.170. The molecule has 0 aromatic heterocycles. The lowest BCUT2D eigenvalue weighted by atomic mass is 10.0. The summed E-state index contributed by atoms with van der Waals surface area (Å²) >= 11 is 0. The molecule has 0 aromatic carbocycles. The Morgan fingerprint density at radius 3 is 2.59 bits per heavy atom. The molecule has 0 aliphatic heterocycles. The number of nitrogens with one attached hydrogen (secondary N) is 1. The van der Waals surface area contributed by atoms with E-state index in [1.54, 1.807) is 4.31 Å². The van der Waals surface area contributed by atoms with Crippen LogP contribution in [-0.2, 0) is 10.2 Å². The summed E-state index contributed by atoms with van der Waals surface area (Å²) in [6.45, 7) is 5.43. The third-order valence-corrected chi connectivity index (χ3v) is 5.16. The Morgan fingerprint density at radius 1 is 1.35 bits per heavy atom. The standard InChI is InChI=1S/C11H25N3O2S/c1-3-8-13-17(15,16)14(4-2)11-7-5-6-10(11)9-12/h10-11,13H,3-9,12H2,1-2H3. The molecule has 17 heavy (non-hydrogen) atoms. The molecule has 6 heteroatoms. The van der Waals surface area contributed by atoms with Crippen molar-refractivity contribution < 1.29 is 8.42 Å². The van der Waals surface area contributed by atoms with Gasteiger partial charge in [0.25, 0.3) is 10.2 Å². The van der Waals surface area contributed by atoms with Gasteiger partial charge in [-0.05, 0) is 31.7 Å². The molecule has 2 unspecified atom stereocenters. The predicted octanol–water partition coefficient (Wildman–Crippen LogP) is 0.680. The molecule has 0 bridgehead atoms. The van der Waals surface area contributed by atoms with Gasteiger partial charge in [0.15, 0.2) is 0 Å². The maximum Gasteiger partial charge on any atom is 0.279 e. The van der Waals surface area contributed by atoms with E-state index in [9.17, 15) is 8.42 Å². The Bertz CT molecular complexity index is 319. The molecule has 5 nitrogen and oxygen atoms in total. The third kappa shape index (κ3) is 3.64. The Balaban J connectivity index is 2.76. The van der Waals surface area contributed by atoms with Gasteiger partial charge in [0.1, 0.15) is 0 Å². The number of nitrogens with zero attached hydrogens (tertiary/aromatic N) is 1. The number of rotatable bonds is 7. The van der Waals surface area contributed by atoms with Crippen LogP contribution in [0.3, 0.4) is 0 Å². The summed E-state index contributed by atoms with van der Waals surface area (Å²) in [5, 5.41) is 0. The summed E-state index contributed by atoms with van der Waals surface area (Å²) in [4.78, 5) is 0. The van der Waals surface area contributed by atoms with E-state index in [4.69, 9.17) is 5.73 Å². The Labute approximate surface area is 105 Å². The van der Waals surface area contributed by atoms with Crippen molar-refractivity contribution in [1.29, 1.82) is 0 Å². The first-order valence-electron chi connectivity index (χ1n) is 6.53. The van der Waals surface area contributed by atoms with Crippen LogP contribution in [0, 0.1) is 5.92 Å². The van der Waals surface area contributed by atoms with Crippen molar-refractivity contribution in [3.63, 3.8) is 0 Å². The molecule has 0 saturated heterocycles. The van der Waals surface area contributed by atoms with E-state index in [-0.39, 0.29) is 6.04 Å². The number of hydrogen-bond acceptors (Lipinski definition) is 3. The van der Waals surface area contributed by atoms with E-state index in [1.807, 2.05) is 13.8 Å². The molecule has 1 fully saturated rings. The highest BCUT2D eigenvalue weighted by molar-refractivity contribution is 7.87. The van der Waals surface area contributed by atoms with Gasteiger partial charge in [-0.2, -0.15) is 12.7 Å². The minimum absolute atomic E-state index is 0.0827. The van der Waals surface area contributed by atoms with Gasteiger partial charge in [0, 0.05) is 19.1 Å². The monoisotopic (exact) mass is 263 g/mol. The summed E-state index contributed by atoms with van der Waals surface area (Å²) in [7, 11) is -3.33. The summed E-state index contributed by atoms with van der Waals surface area (Å²) < 4.78 is 28.5. The highest BCUT2D eigenvalue weighted by atomic mass is 32.2. The lowest BCUT2D eigenvalue weighted by Gasteiger charge is -2.30. The van der Waals surface area contributed by atoms with Crippen molar-refractivity contribution in [2.24, 2.45) is 11.7 Å². The van der Waals surface area contributed by atoms with E-state index in [1.165, 1.54) is 0 Å². The SMILES string of the molecule is CCCNS(=O)(=O)N(CC)C1CCCC1CN. The molecule has 0 spiro atoms. The minimum atomic E-state index is -3.33. The third-order valence-electron chi connectivity index (χ3n) is 3.45. The van der Waals surface area contributed by atoms with Gasteiger partial charge in [-0.3, -0.25) is 0 Å². The molecule has 0 amide bonds. The zero-order chi connectivity index (χ0) is 12.9. The van der Waals surface area contributed by atoms with E-state index in [2.05, 4.69) is 4.72 Å². The Kier molecular flexibility index (Phi) is 5.85. The van der Waals surface area contributed by atoms with E-state index < -0.39 is 10.2 Å². The van der Waals surface area contributed by atoms with Gasteiger partial charge in [-0.1, -0.05) is 20.3 Å². The van der Waals surface area contributed by atoms with E-state index in [0.717, 1.165) is 25.7 Å². The van der Waals surface area contributed by atoms with Gasteiger partial charge >= 0.3 is 0 Å². The molecule has 1 aliphatic rings. The molecule has 0 aromatic rings. The van der Waals surface area contributed by atoms with Crippen molar-refractivity contribution >= 4 is 10.2 Å². The van der Waals surface area contributed by atoms with E-state index in [0.29, 0.717) is 25.6 Å². The van der Waals surface area contributed by atoms with Crippen molar-refractivity contribution in [2.75, 3.05) is 19.6 Å². The first-order chi connectivity index (χ1) is 8.06. The van der Waals surface area contributed by atoms with Gasteiger partial charge in [-0.25, -0.2) is 4.72 Å². The van der Waals surface area contributed by atoms with Gasteiger partial charge < -0.3 is 5.73 Å². The zero-order valence-corrected chi connectivity index (χ0v) is 11.7. The minimum Gasteiger partial charge on any atom is -0.330 e. The molecule has 102 valence electrons. The van der Waals surface area contributed by atoms with Crippen LogP contribution in [0.5, 0.6) is 0 Å². The van der Waals surface area contributed by atoms with Crippen LogP contribution in [0.2, 0.25) is 0 Å². The van der Waals surface area contributed by atoms with Crippen molar-refractivity contribution in [1.82, 2.24) is 9.03 Å². The summed E-state index contributed by atoms with van der Waals surface area (Å²) in [5.41, 5.74) is 5.72. The van der Waals surface area contributed by atoms with Crippen LogP contribution >= 0.6 is 0 Å². The molecule has 1 saturated carbocycles. The van der Waals surface area contributed by atoms with Crippen LogP contribution in [0.1, 0.15) is 39.5 Å². The maximum atomic E-state index is 12.1. The van der Waals surface area contributed by atoms with Gasteiger partial charge in [0.2, 0.25) is 0 Å². The molecule has 1 aliphatic carbocycles. The molecule has 1 rings (SSSR count). The van der Waals surface area contributed by atoms with Crippen LogP contribution < -0.4 is 10.5 Å². The Morgan fingerprint density at radius 2 is 2.06 bits per heavy atom. The lowest BCUT2D eigenvalue weighted by molar-refractivity contribution is 0.273. The molecule has 0 radical (unpaired) electrons. The molecule has 0 heterocycles. The van der Waals surface area contributed by atoms with E-state index >= 15 is 0 Å². The largest absolute Gasteiger partial charge is 0.330 e. The van der Waals surface area contributed by atoms with Crippen molar-refractivity contribution in [3.05, 3.63) is 0 Å². The first kappa shape index (κ1) is 14.9. The smallest absolute Gasteiger partial charge is 0.279 e. The first-order valence-corrected chi connectivity index (χ1v) is 7.97. The number of hydrogen-bond donors (Lipinski definition) is 2. The summed E-state index contributed by atoms with van der Waals surface area (Å²) in [6.07, 6.45) is 3.86. The molecule has 2 atom stereocenters. The predicted molar refractivity (Wildman–Crippen MR) is 69.8 cm³/mol. The maximum absolute atomic E-state index is 12.1. The fourth-order valence-electron chi connectivity index (χ4n) is 2.57. The van der Waals surface area contributed by atoms with Crippen molar-refractivity contribution in [3.8, 4) is 0 Å². The van der Waals surface area contributed by atoms with Gasteiger partial charge in [-0.15, -0.1) is 0 Å². The summed E-state index contributed by atoms with van der Waals surface area (Å²) in [6, 6.07) is 0.0827. The summed E-state index contributed by atoms with van der Waals surface area (Å²) in [5.74, 6) is 0.313. The highest BCUT2D eigenvalue weighted by Gasteiger charge is 2.36. The van der Waals surface area contributed by atoms with Crippen LogP contribution in [0.25, 0.3) is 0 Å². The van der Waals surface area contributed by atoms with Crippen molar-refractivity contribution in [2.45, 2.75) is 45.6 Å². The van der Waals surface area contributed by atoms with Crippen LogP contribution in [-0.4, -0.2) is 38.4 Å². The molecular weight excluding hydrogens is 238 g/mol. The zero-order valence-electron chi connectivity index (χ0n) is 10.9. The second-order valence-electron chi connectivity index (χ2n) is 4.60. The highest BCUT2D eigenvalue weighted by Crippen LogP contribution is 2.30. The van der Waals surface area contributed by atoms with Crippen LogP contribution in [0.15, 0.2) is 0 Å². The average molecular weight is 263 g/mol. The topological polar surface area (TPSA) is 75.4 Å². The molecular formula is C11H25N3O2S. The lowest BCUT2D eigenvalue weighted by Crippen LogP contribution is -2.49.